The third-order valence-electron chi connectivity index (χ3n) is 5.98. The van der Waals surface area contributed by atoms with Crippen LogP contribution in [0.4, 0.5) is 0 Å². The number of carbonyl (C=O) groups is 1. The summed E-state index contributed by atoms with van der Waals surface area (Å²) in [5.41, 5.74) is 4.62. The smallest absolute Gasteiger partial charge is 0.336 e. The predicted octanol–water partition coefficient (Wildman–Crippen LogP) is 6.55. The first-order valence-electron chi connectivity index (χ1n) is 10.9. The van der Waals surface area contributed by atoms with Crippen molar-refractivity contribution in [3.05, 3.63) is 89.0 Å². The lowest BCUT2D eigenvalue weighted by Crippen LogP contribution is -2.04. The zero-order valence-corrected chi connectivity index (χ0v) is 19.1. The van der Waals surface area contributed by atoms with Crippen molar-refractivity contribution >= 4 is 27.8 Å². The average molecular weight is 453 g/mol. The van der Waals surface area contributed by atoms with E-state index in [4.69, 9.17) is 18.9 Å². The highest BCUT2D eigenvalue weighted by Gasteiger charge is 2.21. The van der Waals surface area contributed by atoms with E-state index in [1.54, 1.807) is 19.2 Å². The largest absolute Gasteiger partial charge is 0.497 e. The van der Waals surface area contributed by atoms with Gasteiger partial charge in [0.2, 0.25) is 0 Å². The molecule has 0 bridgehead atoms. The molecule has 0 saturated carbocycles. The second-order valence-corrected chi connectivity index (χ2v) is 8.15. The van der Waals surface area contributed by atoms with E-state index in [0.29, 0.717) is 28.1 Å². The molecule has 0 saturated heterocycles. The van der Waals surface area contributed by atoms with Gasteiger partial charge >= 0.3 is 5.97 Å². The molecule has 0 unspecified atom stereocenters. The van der Waals surface area contributed by atoms with Crippen LogP contribution in [0, 0.1) is 13.8 Å². The Kier molecular flexibility index (Phi) is 5.42. The molecule has 5 rings (SSSR count). The number of aryl methyl sites for hydroxylation is 2. The van der Waals surface area contributed by atoms with Crippen molar-refractivity contribution in [3.8, 4) is 23.0 Å². The van der Waals surface area contributed by atoms with Gasteiger partial charge in [-0.05, 0) is 55.3 Å². The monoisotopic (exact) mass is 453 g/mol. The molecule has 0 radical (unpaired) electrons. The molecule has 6 nitrogen and oxygen atoms in total. The number of furan rings is 1. The van der Waals surface area contributed by atoms with Gasteiger partial charge in [-0.3, -0.25) is 0 Å². The van der Waals surface area contributed by atoms with Crippen molar-refractivity contribution in [1.82, 2.24) is 4.98 Å². The molecule has 2 aromatic heterocycles. The van der Waals surface area contributed by atoms with Gasteiger partial charge in [-0.1, -0.05) is 36.4 Å². The maximum absolute atomic E-state index is 12.3. The molecule has 0 aliphatic rings. The summed E-state index contributed by atoms with van der Waals surface area (Å²) < 4.78 is 17.3. The van der Waals surface area contributed by atoms with Gasteiger partial charge in [0.15, 0.2) is 5.76 Å². The Morgan fingerprint density at radius 2 is 1.79 bits per heavy atom. The van der Waals surface area contributed by atoms with Crippen molar-refractivity contribution in [2.24, 2.45) is 0 Å². The van der Waals surface area contributed by atoms with Crippen LogP contribution in [0.3, 0.4) is 0 Å². The number of rotatable bonds is 6. The van der Waals surface area contributed by atoms with Crippen LogP contribution in [0.25, 0.3) is 33.3 Å². The summed E-state index contributed by atoms with van der Waals surface area (Å²) in [6.45, 7) is 4.14. The number of aromatic nitrogens is 1. The van der Waals surface area contributed by atoms with E-state index in [0.717, 1.165) is 33.4 Å². The van der Waals surface area contributed by atoms with Crippen molar-refractivity contribution in [3.63, 3.8) is 0 Å². The Labute approximate surface area is 196 Å². The van der Waals surface area contributed by atoms with Crippen molar-refractivity contribution in [2.75, 3.05) is 7.11 Å². The van der Waals surface area contributed by atoms with Crippen LogP contribution in [0.15, 0.2) is 71.1 Å². The topological polar surface area (TPSA) is 81.8 Å². The summed E-state index contributed by atoms with van der Waals surface area (Å²) in [5, 5.41) is 11.5. The van der Waals surface area contributed by atoms with Gasteiger partial charge in [0, 0.05) is 10.9 Å². The Balaban J connectivity index is 1.62. The first-order valence-corrected chi connectivity index (χ1v) is 10.9. The Bertz CT molecular complexity index is 1530. The summed E-state index contributed by atoms with van der Waals surface area (Å²) in [6.07, 6.45) is 0. The Morgan fingerprint density at radius 3 is 2.50 bits per heavy atom. The van der Waals surface area contributed by atoms with E-state index >= 15 is 0 Å². The molecule has 0 aliphatic heterocycles. The van der Waals surface area contributed by atoms with E-state index in [2.05, 4.69) is 0 Å². The van der Waals surface area contributed by atoms with Gasteiger partial charge in [0.25, 0.3) is 0 Å². The molecule has 1 N–H and O–H groups in total. The first kappa shape index (κ1) is 21.5. The lowest BCUT2D eigenvalue weighted by molar-refractivity contribution is 0.0698. The van der Waals surface area contributed by atoms with Crippen LogP contribution in [0.1, 0.15) is 27.0 Å². The highest BCUT2D eigenvalue weighted by Crippen LogP contribution is 2.37. The van der Waals surface area contributed by atoms with E-state index < -0.39 is 5.97 Å². The second kappa shape index (κ2) is 8.56. The molecule has 0 spiro atoms. The molecular formula is C28H23NO5. The highest BCUT2D eigenvalue weighted by molar-refractivity contribution is 6.07. The van der Waals surface area contributed by atoms with Crippen molar-refractivity contribution in [1.29, 1.82) is 0 Å². The minimum absolute atomic E-state index is 0.119. The van der Waals surface area contributed by atoms with Gasteiger partial charge in [-0.2, -0.15) is 0 Å². The fourth-order valence-corrected chi connectivity index (χ4v) is 4.15. The number of para-hydroxylation sites is 1. The normalized spacial score (nSPS) is 11.1. The molecule has 170 valence electrons. The summed E-state index contributed by atoms with van der Waals surface area (Å²) in [6, 6.07) is 20.5. The fraction of sp³-hybridized carbons (Fsp3) is 0.143. The zero-order chi connectivity index (χ0) is 23.8. The molecular weight excluding hydrogens is 430 g/mol. The van der Waals surface area contributed by atoms with Crippen LogP contribution in [0.5, 0.6) is 11.5 Å². The number of hydrogen-bond donors (Lipinski definition) is 1. The van der Waals surface area contributed by atoms with Crippen LogP contribution < -0.4 is 9.47 Å². The quantitative estimate of drug-likeness (QED) is 0.314. The molecule has 0 fully saturated rings. The Morgan fingerprint density at radius 1 is 1.03 bits per heavy atom. The van der Waals surface area contributed by atoms with Gasteiger partial charge in [-0.25, -0.2) is 9.78 Å². The van der Waals surface area contributed by atoms with E-state index in [1.807, 2.05) is 68.4 Å². The van der Waals surface area contributed by atoms with Crippen LogP contribution in [-0.4, -0.2) is 23.2 Å². The molecule has 0 amide bonds. The van der Waals surface area contributed by atoms with Gasteiger partial charge in [0.1, 0.15) is 29.4 Å². The fourth-order valence-electron chi connectivity index (χ4n) is 4.15. The molecule has 2 heterocycles. The number of methoxy groups -OCH3 is 1. The SMILES string of the molecule is COc1ccc(COc2ccc(C)c3nc(-c4oc5ccccc5c4C)cc(C(=O)O)c23)cc1. The first-order chi connectivity index (χ1) is 16.5. The molecule has 34 heavy (non-hydrogen) atoms. The lowest BCUT2D eigenvalue weighted by Gasteiger charge is -2.14. The number of nitrogens with zero attached hydrogens (tertiary/aromatic N) is 1. The van der Waals surface area contributed by atoms with Crippen molar-refractivity contribution < 1.29 is 23.8 Å². The van der Waals surface area contributed by atoms with Gasteiger partial charge in [-0.15, -0.1) is 0 Å². The number of aromatic carboxylic acids is 1. The Hall–Kier alpha value is -4.32. The van der Waals surface area contributed by atoms with E-state index in [9.17, 15) is 9.90 Å². The van der Waals surface area contributed by atoms with Crippen molar-refractivity contribution in [2.45, 2.75) is 20.5 Å². The number of ether oxygens (including phenoxy) is 2. The third-order valence-corrected chi connectivity index (χ3v) is 5.98. The van der Waals surface area contributed by atoms with Crippen LogP contribution >= 0.6 is 0 Å². The number of carboxylic acids is 1. The number of pyridine rings is 1. The van der Waals surface area contributed by atoms with Gasteiger partial charge < -0.3 is 19.0 Å². The molecule has 3 aromatic carbocycles. The number of fused-ring (bicyclic) bond motifs is 2. The highest BCUT2D eigenvalue weighted by atomic mass is 16.5. The van der Waals surface area contributed by atoms with Crippen LogP contribution in [0.2, 0.25) is 0 Å². The third kappa shape index (κ3) is 3.73. The number of hydrogen-bond acceptors (Lipinski definition) is 5. The number of carboxylic acid groups (broad SMARTS) is 1. The summed E-state index contributed by atoms with van der Waals surface area (Å²) in [4.78, 5) is 17.2. The second-order valence-electron chi connectivity index (χ2n) is 8.15. The molecule has 0 aliphatic carbocycles. The molecule has 5 aromatic rings. The zero-order valence-electron chi connectivity index (χ0n) is 19.1. The molecule has 6 heteroatoms. The minimum atomic E-state index is -1.05. The minimum Gasteiger partial charge on any atom is -0.497 e. The van der Waals surface area contributed by atoms with Crippen LogP contribution in [-0.2, 0) is 6.61 Å². The van der Waals surface area contributed by atoms with Gasteiger partial charge in [0.05, 0.1) is 23.6 Å². The predicted molar refractivity (Wildman–Crippen MR) is 131 cm³/mol. The summed E-state index contributed by atoms with van der Waals surface area (Å²) in [5.74, 6) is 0.737. The van der Waals surface area contributed by atoms with E-state index in [-0.39, 0.29) is 12.2 Å². The van der Waals surface area contributed by atoms with E-state index in [1.165, 1.54) is 0 Å². The maximum Gasteiger partial charge on any atom is 0.336 e. The standard InChI is InChI=1S/C28H23NO5/c1-16-8-13-24(33-15-18-9-11-19(32-3)12-10-18)25-21(28(30)31)14-22(29-26(16)25)27-17(2)20-6-4-5-7-23(20)34-27/h4-14H,15H2,1-3H3,(H,30,31). The molecule has 0 atom stereocenters. The summed E-state index contributed by atoms with van der Waals surface area (Å²) in [7, 11) is 1.62. The summed E-state index contributed by atoms with van der Waals surface area (Å²) >= 11 is 0. The lowest BCUT2D eigenvalue weighted by atomic mass is 10.0. The maximum atomic E-state index is 12.3. The average Bonchev–Trinajstić information content (AvgIpc) is 3.20. The number of benzene rings is 3.